The van der Waals surface area contributed by atoms with E-state index in [0.29, 0.717) is 15.7 Å². The van der Waals surface area contributed by atoms with Gasteiger partial charge < -0.3 is 5.32 Å². The zero-order valence-electron chi connectivity index (χ0n) is 8.00. The molecule has 2 unspecified atom stereocenters. The van der Waals surface area contributed by atoms with E-state index in [-0.39, 0.29) is 0 Å². The first-order valence-corrected chi connectivity index (χ1v) is 6.17. The van der Waals surface area contributed by atoms with Crippen LogP contribution < -0.4 is 5.32 Å². The van der Waals surface area contributed by atoms with Crippen LogP contribution in [-0.4, -0.2) is 17.6 Å². The van der Waals surface area contributed by atoms with E-state index >= 15 is 0 Å². The van der Waals surface area contributed by atoms with E-state index in [4.69, 9.17) is 11.6 Å². The van der Waals surface area contributed by atoms with Crippen molar-refractivity contribution in [1.29, 1.82) is 0 Å². The quantitative estimate of drug-likeness (QED) is 0.803. The lowest BCUT2D eigenvalue weighted by Crippen LogP contribution is -2.50. The monoisotopic (exact) mass is 284 g/mol. The predicted octanol–water partition coefficient (Wildman–Crippen LogP) is 2.87. The fraction of sp³-hybridized carbons (Fsp3) is 0.364. The molecule has 15 heavy (non-hydrogen) atoms. The van der Waals surface area contributed by atoms with Gasteiger partial charge in [0.25, 0.3) is 0 Å². The summed E-state index contributed by atoms with van der Waals surface area (Å²) in [5.74, 6) is 0.794. The zero-order chi connectivity index (χ0) is 10.4. The van der Waals surface area contributed by atoms with Gasteiger partial charge in [0.1, 0.15) is 4.60 Å². The van der Waals surface area contributed by atoms with Crippen molar-refractivity contribution in [3.8, 4) is 0 Å². The normalized spacial score (nSPS) is 28.3. The lowest BCUT2D eigenvalue weighted by atomic mass is 9.89. The second kappa shape index (κ2) is 3.58. The molecule has 1 fully saturated rings. The number of pyridine rings is 1. The predicted molar refractivity (Wildman–Crippen MR) is 64.8 cm³/mol. The molecule has 1 saturated heterocycles. The smallest absolute Gasteiger partial charge is 0.124 e. The Labute approximate surface area is 102 Å². The van der Waals surface area contributed by atoms with Crippen LogP contribution in [0.2, 0.25) is 5.02 Å². The molecule has 1 N–H and O–H groups in total. The molecule has 0 radical (unpaired) electrons. The van der Waals surface area contributed by atoms with E-state index in [1.54, 1.807) is 0 Å². The minimum absolute atomic E-state index is 0.532. The molecule has 2 aliphatic rings. The standard InChI is InChI=1S/C11H10BrClN2/c12-11-9(13)3-7(5-15-11)8-2-1-6-4-14-10(6)8/h2-3,5-6,10,14H,1,4H2. The van der Waals surface area contributed by atoms with Crippen LogP contribution in [0.4, 0.5) is 0 Å². The van der Waals surface area contributed by atoms with Gasteiger partial charge in [-0.15, -0.1) is 0 Å². The Hall–Kier alpha value is -0.380. The minimum atomic E-state index is 0.532. The number of nitrogens with one attached hydrogen (secondary N) is 1. The maximum absolute atomic E-state index is 6.04. The number of fused-ring (bicyclic) bond motifs is 1. The molecule has 0 amide bonds. The first-order chi connectivity index (χ1) is 7.25. The Kier molecular flexibility index (Phi) is 2.34. The number of aromatic nitrogens is 1. The molecule has 78 valence electrons. The van der Waals surface area contributed by atoms with Crippen molar-refractivity contribution < 1.29 is 0 Å². The lowest BCUT2D eigenvalue weighted by Gasteiger charge is -2.34. The lowest BCUT2D eigenvalue weighted by molar-refractivity contribution is 0.307. The van der Waals surface area contributed by atoms with Gasteiger partial charge in [-0.1, -0.05) is 17.7 Å². The number of hydrogen-bond acceptors (Lipinski definition) is 2. The minimum Gasteiger partial charge on any atom is -0.309 e. The Bertz CT molecular complexity index is 444. The average Bonchev–Trinajstić information content (AvgIpc) is 2.46. The highest BCUT2D eigenvalue weighted by molar-refractivity contribution is 9.10. The topological polar surface area (TPSA) is 24.9 Å². The van der Waals surface area contributed by atoms with Gasteiger partial charge in [-0.3, -0.25) is 0 Å². The summed E-state index contributed by atoms with van der Waals surface area (Å²) in [6.45, 7) is 1.14. The highest BCUT2D eigenvalue weighted by Crippen LogP contribution is 2.38. The molecule has 0 aromatic carbocycles. The molecular weight excluding hydrogens is 275 g/mol. The Morgan fingerprint density at radius 2 is 2.40 bits per heavy atom. The summed E-state index contributed by atoms with van der Waals surface area (Å²) in [6.07, 6.45) is 5.36. The van der Waals surface area contributed by atoms with Crippen molar-refractivity contribution in [2.24, 2.45) is 5.92 Å². The molecule has 2 atom stereocenters. The molecule has 2 nitrogen and oxygen atoms in total. The van der Waals surface area contributed by atoms with Gasteiger partial charge in [0.15, 0.2) is 0 Å². The molecule has 2 heterocycles. The van der Waals surface area contributed by atoms with Crippen molar-refractivity contribution in [2.45, 2.75) is 12.5 Å². The third-order valence-corrected chi connectivity index (χ3v) is 4.32. The van der Waals surface area contributed by atoms with Gasteiger partial charge in [0.05, 0.1) is 5.02 Å². The van der Waals surface area contributed by atoms with Crippen LogP contribution in [0.25, 0.3) is 5.57 Å². The number of allylic oxidation sites excluding steroid dienone is 1. The van der Waals surface area contributed by atoms with E-state index in [1.807, 2.05) is 12.3 Å². The van der Waals surface area contributed by atoms with Crippen molar-refractivity contribution in [1.82, 2.24) is 10.3 Å². The number of halogens is 2. The molecule has 1 aromatic heterocycles. The fourth-order valence-electron chi connectivity index (χ4n) is 2.27. The molecule has 3 rings (SSSR count). The summed E-state index contributed by atoms with van der Waals surface area (Å²) in [5, 5.41) is 4.12. The number of rotatable bonds is 1. The van der Waals surface area contributed by atoms with E-state index in [2.05, 4.69) is 32.3 Å². The van der Waals surface area contributed by atoms with Gasteiger partial charge in [-0.05, 0) is 45.5 Å². The summed E-state index contributed by atoms with van der Waals surface area (Å²) in [4.78, 5) is 4.22. The van der Waals surface area contributed by atoms with Crippen LogP contribution in [0.3, 0.4) is 0 Å². The van der Waals surface area contributed by atoms with Gasteiger partial charge >= 0.3 is 0 Å². The third-order valence-electron chi connectivity index (χ3n) is 3.18. The number of nitrogens with zero attached hydrogens (tertiary/aromatic N) is 1. The van der Waals surface area contributed by atoms with Crippen LogP contribution in [0.15, 0.2) is 22.9 Å². The van der Waals surface area contributed by atoms with Crippen LogP contribution in [0.1, 0.15) is 12.0 Å². The number of hydrogen-bond donors (Lipinski definition) is 1. The van der Waals surface area contributed by atoms with E-state index in [1.165, 1.54) is 12.0 Å². The third kappa shape index (κ3) is 1.53. The maximum Gasteiger partial charge on any atom is 0.124 e. The average molecular weight is 286 g/mol. The summed E-state index contributed by atoms with van der Waals surface area (Å²) in [6, 6.07) is 2.51. The second-order valence-corrected chi connectivity index (χ2v) is 5.20. The van der Waals surface area contributed by atoms with Crippen LogP contribution in [-0.2, 0) is 0 Å². The Balaban J connectivity index is 1.96. The van der Waals surface area contributed by atoms with Crippen LogP contribution in [0.5, 0.6) is 0 Å². The Morgan fingerprint density at radius 1 is 1.53 bits per heavy atom. The second-order valence-electron chi connectivity index (χ2n) is 4.04. The molecule has 4 heteroatoms. The van der Waals surface area contributed by atoms with E-state index < -0.39 is 0 Å². The summed E-state index contributed by atoms with van der Waals surface area (Å²) in [5.41, 5.74) is 2.50. The van der Waals surface area contributed by atoms with Gasteiger partial charge in [-0.2, -0.15) is 0 Å². The van der Waals surface area contributed by atoms with Gasteiger partial charge in [-0.25, -0.2) is 4.98 Å². The van der Waals surface area contributed by atoms with Crippen molar-refractivity contribution >= 4 is 33.1 Å². The molecule has 0 bridgehead atoms. The summed E-state index contributed by atoms with van der Waals surface area (Å²) in [7, 11) is 0. The van der Waals surface area contributed by atoms with Crippen molar-refractivity contribution in [2.75, 3.05) is 6.54 Å². The largest absolute Gasteiger partial charge is 0.309 e. The summed E-state index contributed by atoms with van der Waals surface area (Å²) >= 11 is 9.34. The molecule has 1 aliphatic heterocycles. The fourth-order valence-corrected chi connectivity index (χ4v) is 2.65. The molecule has 0 spiro atoms. The molecular formula is C11H10BrClN2. The molecule has 0 saturated carbocycles. The van der Waals surface area contributed by atoms with Crippen LogP contribution >= 0.6 is 27.5 Å². The molecule has 1 aliphatic carbocycles. The maximum atomic E-state index is 6.04. The summed E-state index contributed by atoms with van der Waals surface area (Å²) < 4.78 is 0.713. The van der Waals surface area contributed by atoms with Crippen molar-refractivity contribution in [3.05, 3.63) is 33.5 Å². The SMILES string of the molecule is Clc1cc(C2=CCC3CNC23)cnc1Br. The highest BCUT2D eigenvalue weighted by atomic mass is 79.9. The Morgan fingerprint density at radius 3 is 3.00 bits per heavy atom. The van der Waals surface area contributed by atoms with Crippen LogP contribution in [0, 0.1) is 5.92 Å². The van der Waals surface area contributed by atoms with Gasteiger partial charge in [0.2, 0.25) is 0 Å². The van der Waals surface area contributed by atoms with E-state index in [9.17, 15) is 0 Å². The highest BCUT2D eigenvalue weighted by Gasteiger charge is 2.37. The first kappa shape index (κ1) is 9.82. The van der Waals surface area contributed by atoms with Crippen molar-refractivity contribution in [3.63, 3.8) is 0 Å². The molecule has 1 aromatic rings. The zero-order valence-corrected chi connectivity index (χ0v) is 10.3. The first-order valence-electron chi connectivity index (χ1n) is 5.00. The van der Waals surface area contributed by atoms with Gasteiger partial charge in [0, 0.05) is 18.8 Å². The van der Waals surface area contributed by atoms with E-state index in [0.717, 1.165) is 18.0 Å².